The third kappa shape index (κ3) is 2.03. The van der Waals surface area contributed by atoms with Crippen LogP contribution in [0.3, 0.4) is 0 Å². The molecule has 0 unspecified atom stereocenters. The van der Waals surface area contributed by atoms with Crippen LogP contribution >= 0.6 is 0 Å². The minimum absolute atomic E-state index is 0.991. The van der Waals surface area contributed by atoms with Crippen molar-refractivity contribution in [1.29, 1.82) is 0 Å². The second kappa shape index (κ2) is 4.84. The van der Waals surface area contributed by atoms with Gasteiger partial charge < -0.3 is 0 Å². The van der Waals surface area contributed by atoms with Gasteiger partial charge in [0.25, 0.3) is 0 Å². The van der Waals surface area contributed by atoms with Crippen molar-refractivity contribution >= 4 is 0 Å². The first-order chi connectivity index (χ1) is 8.95. The maximum absolute atomic E-state index is 4.42. The molecular formula is C17H12N. The monoisotopic (exact) mass is 230 g/mol. The average molecular weight is 230 g/mol. The predicted octanol–water partition coefficient (Wildman–Crippen LogP) is 4.22. The van der Waals surface area contributed by atoms with Crippen molar-refractivity contribution in [3.8, 4) is 22.4 Å². The average Bonchev–Trinajstić information content (AvgIpc) is 2.49. The highest BCUT2D eigenvalue weighted by Gasteiger charge is 2.06. The molecule has 18 heavy (non-hydrogen) atoms. The molecule has 3 rings (SSSR count). The summed E-state index contributed by atoms with van der Waals surface area (Å²) in [5.74, 6) is 0. The van der Waals surface area contributed by atoms with E-state index in [4.69, 9.17) is 0 Å². The molecule has 3 aromatic rings. The third-order valence-electron chi connectivity index (χ3n) is 2.87. The summed E-state index contributed by atoms with van der Waals surface area (Å²) in [6.07, 6.45) is 1.82. The van der Waals surface area contributed by atoms with Crippen molar-refractivity contribution < 1.29 is 0 Å². The molecule has 1 radical (unpaired) electrons. The number of hydrogen-bond donors (Lipinski definition) is 0. The molecule has 1 nitrogen and oxygen atoms in total. The smallest absolute Gasteiger partial charge is 0.0708 e. The summed E-state index contributed by atoms with van der Waals surface area (Å²) in [4.78, 5) is 4.42. The summed E-state index contributed by atoms with van der Waals surface area (Å²) in [7, 11) is 0. The Labute approximate surface area is 107 Å². The van der Waals surface area contributed by atoms with Gasteiger partial charge in [-0.3, -0.25) is 4.98 Å². The van der Waals surface area contributed by atoms with E-state index in [1.807, 2.05) is 54.7 Å². The van der Waals surface area contributed by atoms with Gasteiger partial charge in [-0.15, -0.1) is 0 Å². The molecule has 0 fully saturated rings. The van der Waals surface area contributed by atoms with Crippen LogP contribution in [0.25, 0.3) is 22.4 Å². The van der Waals surface area contributed by atoms with Crippen LogP contribution in [-0.2, 0) is 0 Å². The Kier molecular flexibility index (Phi) is 2.89. The van der Waals surface area contributed by atoms with Crippen molar-refractivity contribution in [3.63, 3.8) is 0 Å². The minimum atomic E-state index is 0.991. The number of pyridine rings is 1. The van der Waals surface area contributed by atoms with E-state index in [1.165, 1.54) is 0 Å². The summed E-state index contributed by atoms with van der Waals surface area (Å²) < 4.78 is 0. The Balaban J connectivity index is 2.18. The van der Waals surface area contributed by atoms with E-state index in [2.05, 4.69) is 29.2 Å². The highest BCUT2D eigenvalue weighted by molar-refractivity contribution is 5.81. The molecule has 0 amide bonds. The van der Waals surface area contributed by atoms with Crippen molar-refractivity contribution in [3.05, 3.63) is 79.0 Å². The van der Waals surface area contributed by atoms with E-state index in [9.17, 15) is 0 Å². The van der Waals surface area contributed by atoms with Crippen LogP contribution in [-0.4, -0.2) is 4.98 Å². The van der Waals surface area contributed by atoms with Crippen LogP contribution in [0.15, 0.2) is 72.9 Å². The van der Waals surface area contributed by atoms with Gasteiger partial charge in [-0.25, -0.2) is 0 Å². The molecule has 0 saturated carbocycles. The van der Waals surface area contributed by atoms with Gasteiger partial charge in [-0.2, -0.15) is 0 Å². The zero-order chi connectivity index (χ0) is 12.2. The van der Waals surface area contributed by atoms with Gasteiger partial charge in [0, 0.05) is 11.8 Å². The topological polar surface area (TPSA) is 12.9 Å². The Morgan fingerprint density at radius 3 is 2.22 bits per heavy atom. The Hall–Kier alpha value is -2.41. The summed E-state index contributed by atoms with van der Waals surface area (Å²) in [6.45, 7) is 0. The van der Waals surface area contributed by atoms with Gasteiger partial charge in [0.2, 0.25) is 0 Å². The van der Waals surface area contributed by atoms with E-state index in [1.54, 1.807) is 0 Å². The second-order valence-corrected chi connectivity index (χ2v) is 4.04. The van der Waals surface area contributed by atoms with Crippen molar-refractivity contribution in [1.82, 2.24) is 4.98 Å². The fourth-order valence-corrected chi connectivity index (χ4v) is 2.02. The highest BCUT2D eigenvalue weighted by Crippen LogP contribution is 2.29. The first-order valence-corrected chi connectivity index (χ1v) is 5.93. The molecule has 0 aliphatic heterocycles. The SMILES string of the molecule is [c]1ccccc1-c1ccccc1-c1ccccn1. The maximum Gasteiger partial charge on any atom is 0.0708 e. The summed E-state index contributed by atoms with van der Waals surface area (Å²) in [6, 6.07) is 25.5. The Bertz CT molecular complexity index is 572. The molecule has 2 aromatic carbocycles. The number of hydrogen-bond acceptors (Lipinski definition) is 1. The van der Waals surface area contributed by atoms with Crippen LogP contribution in [0.1, 0.15) is 0 Å². The fourth-order valence-electron chi connectivity index (χ4n) is 2.02. The lowest BCUT2D eigenvalue weighted by atomic mass is 9.97. The van der Waals surface area contributed by atoms with Gasteiger partial charge >= 0.3 is 0 Å². The first kappa shape index (κ1) is 10.7. The third-order valence-corrected chi connectivity index (χ3v) is 2.87. The lowest BCUT2D eigenvalue weighted by Crippen LogP contribution is -1.86. The van der Waals surface area contributed by atoms with Crippen LogP contribution in [0.5, 0.6) is 0 Å². The number of benzene rings is 2. The van der Waals surface area contributed by atoms with E-state index >= 15 is 0 Å². The van der Waals surface area contributed by atoms with Crippen LogP contribution in [0.2, 0.25) is 0 Å². The normalized spacial score (nSPS) is 10.2. The molecule has 85 valence electrons. The number of aromatic nitrogens is 1. The molecule has 1 heterocycles. The molecule has 0 spiro atoms. The predicted molar refractivity (Wildman–Crippen MR) is 73.9 cm³/mol. The summed E-state index contributed by atoms with van der Waals surface area (Å²) in [5.41, 5.74) is 4.39. The molecular weight excluding hydrogens is 218 g/mol. The van der Waals surface area contributed by atoms with Gasteiger partial charge in [-0.05, 0) is 29.3 Å². The lowest BCUT2D eigenvalue weighted by molar-refractivity contribution is 1.33. The highest BCUT2D eigenvalue weighted by atomic mass is 14.7. The van der Waals surface area contributed by atoms with Crippen LogP contribution < -0.4 is 0 Å². The van der Waals surface area contributed by atoms with Gasteiger partial charge in [-0.1, -0.05) is 54.6 Å². The molecule has 0 bridgehead atoms. The van der Waals surface area contributed by atoms with Crippen molar-refractivity contribution in [2.24, 2.45) is 0 Å². The standard InChI is InChI=1S/C17H12N/c1-2-8-14(9-3-1)15-10-4-5-11-16(15)17-12-6-7-13-18-17/h1-8,10-13H. The van der Waals surface area contributed by atoms with Gasteiger partial charge in [0.05, 0.1) is 5.69 Å². The largest absolute Gasteiger partial charge is 0.256 e. The molecule has 1 aromatic heterocycles. The first-order valence-electron chi connectivity index (χ1n) is 5.93. The minimum Gasteiger partial charge on any atom is -0.256 e. The maximum atomic E-state index is 4.42. The number of rotatable bonds is 2. The second-order valence-electron chi connectivity index (χ2n) is 4.04. The van der Waals surface area contributed by atoms with Crippen molar-refractivity contribution in [2.45, 2.75) is 0 Å². The van der Waals surface area contributed by atoms with Crippen molar-refractivity contribution in [2.75, 3.05) is 0 Å². The molecule has 0 aliphatic rings. The fraction of sp³-hybridized carbons (Fsp3) is 0. The summed E-state index contributed by atoms with van der Waals surface area (Å²) >= 11 is 0. The summed E-state index contributed by atoms with van der Waals surface area (Å²) in [5, 5.41) is 0. The Morgan fingerprint density at radius 2 is 1.50 bits per heavy atom. The van der Waals surface area contributed by atoms with E-state index in [-0.39, 0.29) is 0 Å². The van der Waals surface area contributed by atoms with E-state index in [0.717, 1.165) is 22.4 Å². The lowest BCUT2D eigenvalue weighted by Gasteiger charge is -2.08. The molecule has 0 aliphatic carbocycles. The zero-order valence-corrected chi connectivity index (χ0v) is 9.88. The number of nitrogens with zero attached hydrogens (tertiary/aromatic N) is 1. The molecule has 0 N–H and O–H groups in total. The quantitative estimate of drug-likeness (QED) is 0.642. The molecule has 0 saturated heterocycles. The van der Waals surface area contributed by atoms with Crippen LogP contribution in [0, 0.1) is 6.07 Å². The Morgan fingerprint density at radius 1 is 0.722 bits per heavy atom. The van der Waals surface area contributed by atoms with Crippen LogP contribution in [0.4, 0.5) is 0 Å². The zero-order valence-electron chi connectivity index (χ0n) is 9.88. The van der Waals surface area contributed by atoms with Gasteiger partial charge in [0.1, 0.15) is 0 Å². The molecule has 1 heteroatoms. The molecule has 0 atom stereocenters. The van der Waals surface area contributed by atoms with Gasteiger partial charge in [0.15, 0.2) is 0 Å². The van der Waals surface area contributed by atoms with E-state index in [0.29, 0.717) is 0 Å². The van der Waals surface area contributed by atoms with E-state index < -0.39 is 0 Å².